The number of benzene rings is 1. The van der Waals surface area contributed by atoms with E-state index < -0.39 is 0 Å². The van der Waals surface area contributed by atoms with Gasteiger partial charge in [-0.1, -0.05) is 12.0 Å². The molecule has 0 amide bonds. The van der Waals surface area contributed by atoms with Gasteiger partial charge in [0.2, 0.25) is 0 Å². The second kappa shape index (κ2) is 4.49. The van der Waals surface area contributed by atoms with E-state index in [9.17, 15) is 0 Å². The van der Waals surface area contributed by atoms with Gasteiger partial charge in [-0.2, -0.15) is 0 Å². The number of terminal acetylenes is 1. The first-order valence-electron chi connectivity index (χ1n) is 4.54. The van der Waals surface area contributed by atoms with Crippen molar-refractivity contribution >= 4 is 14.5 Å². The molecule has 0 saturated heterocycles. The summed E-state index contributed by atoms with van der Waals surface area (Å²) in [6.45, 7) is 5.97. The van der Waals surface area contributed by atoms with Crippen LogP contribution in [-0.4, -0.2) is 6.10 Å². The van der Waals surface area contributed by atoms with Crippen molar-refractivity contribution < 1.29 is 4.74 Å². The van der Waals surface area contributed by atoms with Crippen LogP contribution in [-0.2, 0) is 0 Å². The Kier molecular flexibility index (Phi) is 3.55. The van der Waals surface area contributed by atoms with Crippen LogP contribution in [0.4, 0.5) is 0 Å². The molecule has 1 nitrogen and oxygen atoms in total. The molecule has 2 atom stereocenters. The second-order valence-electron chi connectivity index (χ2n) is 3.42. The van der Waals surface area contributed by atoms with Gasteiger partial charge in [0, 0.05) is 5.30 Å². The predicted octanol–water partition coefficient (Wildman–Crippen LogP) is 2.20. The summed E-state index contributed by atoms with van der Waals surface area (Å²) in [7, 11) is 2.68. The average Bonchev–Trinajstić information content (AvgIpc) is 2.13. The molecule has 0 N–H and O–H groups in total. The van der Waals surface area contributed by atoms with Crippen LogP contribution in [0.3, 0.4) is 0 Å². The lowest BCUT2D eigenvalue weighted by Crippen LogP contribution is -2.14. The smallest absolute Gasteiger partial charge is 0.156 e. The highest BCUT2D eigenvalue weighted by Crippen LogP contribution is 2.18. The molecule has 2 heteroatoms. The summed E-state index contributed by atoms with van der Waals surface area (Å²) in [4.78, 5) is 0. The summed E-state index contributed by atoms with van der Waals surface area (Å²) in [5.74, 6) is 3.41. The Hall–Kier alpha value is -0.990. The highest BCUT2D eigenvalue weighted by Gasteiger charge is 2.06. The van der Waals surface area contributed by atoms with Crippen LogP contribution in [0.2, 0.25) is 0 Å². The van der Waals surface area contributed by atoms with E-state index in [4.69, 9.17) is 11.2 Å². The van der Waals surface area contributed by atoms with Gasteiger partial charge in [-0.15, -0.1) is 15.7 Å². The summed E-state index contributed by atoms with van der Waals surface area (Å²) in [6, 6.07) is 4.12. The fourth-order valence-electron chi connectivity index (χ4n) is 1.26. The molecule has 0 fully saturated rings. The Bertz CT molecular complexity index is 377. The number of aryl methyl sites for hydroxylation is 2. The monoisotopic (exact) mass is 206 g/mol. The molecule has 1 aromatic rings. The molecular weight excluding hydrogens is 191 g/mol. The van der Waals surface area contributed by atoms with E-state index in [0.29, 0.717) is 0 Å². The lowest BCUT2D eigenvalue weighted by molar-refractivity contribution is 0.281. The van der Waals surface area contributed by atoms with Crippen molar-refractivity contribution in [2.45, 2.75) is 26.9 Å². The summed E-state index contributed by atoms with van der Waals surface area (Å²) in [5, 5.41) is 1.08. The van der Waals surface area contributed by atoms with Gasteiger partial charge in [0.25, 0.3) is 0 Å². The maximum absolute atomic E-state index is 5.60. The Labute approximate surface area is 88.1 Å². The third kappa shape index (κ3) is 2.50. The fraction of sp³-hybridized carbons (Fsp3) is 0.333. The van der Waals surface area contributed by atoms with Gasteiger partial charge in [-0.25, -0.2) is 0 Å². The van der Waals surface area contributed by atoms with E-state index in [1.165, 1.54) is 11.1 Å². The average molecular weight is 206 g/mol. The van der Waals surface area contributed by atoms with Crippen LogP contribution in [0.1, 0.15) is 18.1 Å². The van der Waals surface area contributed by atoms with Gasteiger partial charge in [0.1, 0.15) is 5.75 Å². The maximum Gasteiger partial charge on any atom is 0.156 e. The molecular formula is C12H15OP. The van der Waals surface area contributed by atoms with Crippen molar-refractivity contribution in [3.05, 3.63) is 23.3 Å². The Morgan fingerprint density at radius 2 is 2.07 bits per heavy atom. The summed E-state index contributed by atoms with van der Waals surface area (Å²) < 4.78 is 5.60. The molecule has 0 aliphatic heterocycles. The number of hydrogen-bond acceptors (Lipinski definition) is 1. The zero-order valence-electron chi connectivity index (χ0n) is 8.79. The maximum atomic E-state index is 5.60. The first-order valence-corrected chi connectivity index (χ1v) is 5.12. The molecule has 2 unspecified atom stereocenters. The fourth-order valence-corrected chi connectivity index (χ4v) is 1.50. The first-order chi connectivity index (χ1) is 6.54. The van der Waals surface area contributed by atoms with Crippen LogP contribution in [0, 0.1) is 26.2 Å². The first kappa shape index (κ1) is 11.1. The van der Waals surface area contributed by atoms with E-state index in [1.807, 2.05) is 19.9 Å². The van der Waals surface area contributed by atoms with Crippen molar-refractivity contribution in [1.82, 2.24) is 0 Å². The van der Waals surface area contributed by atoms with E-state index >= 15 is 0 Å². The quantitative estimate of drug-likeness (QED) is 0.532. The molecule has 14 heavy (non-hydrogen) atoms. The van der Waals surface area contributed by atoms with Gasteiger partial charge in [-0.3, -0.25) is 0 Å². The van der Waals surface area contributed by atoms with Gasteiger partial charge in [-0.05, 0) is 38.0 Å². The second-order valence-corrected chi connectivity index (χ2v) is 4.00. The molecule has 0 aliphatic carbocycles. The molecule has 1 aromatic carbocycles. The largest absolute Gasteiger partial charge is 0.477 e. The Morgan fingerprint density at radius 1 is 1.43 bits per heavy atom. The third-order valence-corrected chi connectivity index (χ3v) is 2.77. The molecule has 0 aliphatic rings. The van der Waals surface area contributed by atoms with Gasteiger partial charge in [0.15, 0.2) is 6.10 Å². The minimum Gasteiger partial charge on any atom is -0.477 e. The van der Waals surface area contributed by atoms with E-state index in [1.54, 1.807) is 0 Å². The molecule has 0 radical (unpaired) electrons. The summed E-state index contributed by atoms with van der Waals surface area (Å²) in [5.41, 5.74) is 2.39. The normalized spacial score (nSPS) is 11.9. The SMILES string of the molecule is C#CC(C)Oc1cc(C)cc(C)c1P. The highest BCUT2D eigenvalue weighted by atomic mass is 31.0. The van der Waals surface area contributed by atoms with Gasteiger partial charge < -0.3 is 4.74 Å². The molecule has 0 bridgehead atoms. The van der Waals surface area contributed by atoms with Crippen LogP contribution in [0.15, 0.2) is 12.1 Å². The summed E-state index contributed by atoms with van der Waals surface area (Å²) in [6.07, 6.45) is 5.08. The van der Waals surface area contributed by atoms with Crippen molar-refractivity contribution in [3.8, 4) is 18.1 Å². The van der Waals surface area contributed by atoms with Crippen LogP contribution in [0.25, 0.3) is 0 Å². The van der Waals surface area contributed by atoms with Crippen molar-refractivity contribution in [2.24, 2.45) is 0 Å². The molecule has 0 spiro atoms. The van der Waals surface area contributed by atoms with E-state index in [0.717, 1.165) is 11.1 Å². The van der Waals surface area contributed by atoms with E-state index in [-0.39, 0.29) is 6.10 Å². The van der Waals surface area contributed by atoms with Crippen molar-refractivity contribution in [1.29, 1.82) is 0 Å². The van der Waals surface area contributed by atoms with Crippen LogP contribution >= 0.6 is 9.24 Å². The molecule has 0 saturated carbocycles. The van der Waals surface area contributed by atoms with E-state index in [2.05, 4.69) is 28.2 Å². The van der Waals surface area contributed by atoms with Crippen molar-refractivity contribution in [2.75, 3.05) is 0 Å². The van der Waals surface area contributed by atoms with Gasteiger partial charge >= 0.3 is 0 Å². The lowest BCUT2D eigenvalue weighted by atomic mass is 10.1. The zero-order valence-corrected chi connectivity index (χ0v) is 9.95. The predicted molar refractivity (Wildman–Crippen MR) is 64.2 cm³/mol. The summed E-state index contributed by atoms with van der Waals surface area (Å²) >= 11 is 0. The highest BCUT2D eigenvalue weighted by molar-refractivity contribution is 7.28. The van der Waals surface area contributed by atoms with Gasteiger partial charge in [0.05, 0.1) is 0 Å². The van der Waals surface area contributed by atoms with Crippen LogP contribution < -0.4 is 10.0 Å². The topological polar surface area (TPSA) is 9.23 Å². The Morgan fingerprint density at radius 3 is 2.64 bits per heavy atom. The zero-order chi connectivity index (χ0) is 10.7. The standard InChI is InChI=1S/C12H15OP/c1-5-10(4)13-11-7-8(2)6-9(3)12(11)14/h1,6-7,10H,14H2,2-4H3. The number of ether oxygens (including phenoxy) is 1. The molecule has 0 heterocycles. The number of hydrogen-bond donors (Lipinski definition) is 0. The molecule has 0 aromatic heterocycles. The molecule has 74 valence electrons. The Balaban J connectivity index is 3.03. The van der Waals surface area contributed by atoms with Crippen molar-refractivity contribution in [3.63, 3.8) is 0 Å². The third-order valence-electron chi connectivity index (χ3n) is 2.03. The molecule has 1 rings (SSSR count). The minimum absolute atomic E-state index is 0.185. The minimum atomic E-state index is -0.185. The van der Waals surface area contributed by atoms with Crippen LogP contribution in [0.5, 0.6) is 5.75 Å². The lowest BCUT2D eigenvalue weighted by Gasteiger charge is -2.14. The number of rotatable bonds is 2.